The van der Waals surface area contributed by atoms with Crippen molar-refractivity contribution >= 4 is 35.7 Å². The first-order valence-corrected chi connectivity index (χ1v) is 8.66. The van der Waals surface area contributed by atoms with Gasteiger partial charge in [0.1, 0.15) is 11.5 Å². The van der Waals surface area contributed by atoms with Crippen LogP contribution in [0, 0.1) is 0 Å². The largest absolute Gasteiger partial charge is 0.500 e. The zero-order valence-corrected chi connectivity index (χ0v) is 13.6. The smallest absolute Gasteiger partial charge is 0.353 e. The lowest BCUT2D eigenvalue weighted by Crippen LogP contribution is -2.16. The maximum Gasteiger partial charge on any atom is 0.500 e. The minimum Gasteiger partial charge on any atom is -0.353 e. The molecule has 0 bridgehead atoms. The molecule has 0 aliphatic heterocycles. The van der Waals surface area contributed by atoms with Gasteiger partial charge in [-0.1, -0.05) is 24.3 Å². The van der Waals surface area contributed by atoms with Crippen molar-refractivity contribution < 1.29 is 16.8 Å². The summed E-state index contributed by atoms with van der Waals surface area (Å²) in [6.45, 7) is 0. The Hall–Kier alpha value is -1.31. The molecule has 0 amide bonds. The lowest BCUT2D eigenvalue weighted by molar-refractivity contribution is 0.392. The molecule has 2 rings (SSSR count). The first-order valence-electron chi connectivity index (χ1n) is 6.06. The molecule has 0 atom stereocenters. The fourth-order valence-electron chi connectivity index (χ4n) is 1.55. The highest BCUT2D eigenvalue weighted by Crippen LogP contribution is 2.19. The summed E-state index contributed by atoms with van der Waals surface area (Å²) in [5.41, 5.74) is 1.93. The number of thiol groups is 2. The molecular weight excluding hydrogens is 328 g/mol. The number of hydrogen-bond donors (Lipinski definition) is 2. The standard InChI is InChI=1S/C14H14O4S3/c15-21(16,17-13-5-1-11(9-19)2-6-13)18-14-7-3-12(10-20)4-8-14/h1-8,19-20H,9-10H2. The fraction of sp³-hybridized carbons (Fsp3) is 0.143. The van der Waals surface area contributed by atoms with Gasteiger partial charge < -0.3 is 8.37 Å². The summed E-state index contributed by atoms with van der Waals surface area (Å²) < 4.78 is 33.4. The summed E-state index contributed by atoms with van der Waals surface area (Å²) in [6.07, 6.45) is 0. The number of hydrogen-bond acceptors (Lipinski definition) is 6. The van der Waals surface area contributed by atoms with Crippen LogP contribution in [0.15, 0.2) is 48.5 Å². The van der Waals surface area contributed by atoms with Crippen molar-refractivity contribution in [1.29, 1.82) is 0 Å². The molecule has 0 spiro atoms. The monoisotopic (exact) mass is 342 g/mol. The molecule has 0 aromatic heterocycles. The van der Waals surface area contributed by atoms with Gasteiger partial charge in [-0.3, -0.25) is 0 Å². The molecule has 0 saturated heterocycles. The summed E-state index contributed by atoms with van der Waals surface area (Å²) in [5.74, 6) is 1.52. The second-order valence-corrected chi connectivity index (χ2v) is 5.96. The Balaban J connectivity index is 2.06. The average molecular weight is 342 g/mol. The summed E-state index contributed by atoms with van der Waals surface area (Å²) >= 11 is 8.25. The molecule has 2 aromatic carbocycles. The molecule has 0 N–H and O–H groups in total. The van der Waals surface area contributed by atoms with Gasteiger partial charge in [-0.05, 0) is 35.4 Å². The SMILES string of the molecule is O=S(=O)(Oc1ccc(CS)cc1)Oc1ccc(CS)cc1. The van der Waals surface area contributed by atoms with Gasteiger partial charge in [-0.25, -0.2) is 0 Å². The first kappa shape index (κ1) is 16.1. The lowest BCUT2D eigenvalue weighted by atomic mass is 10.2. The highest BCUT2D eigenvalue weighted by Gasteiger charge is 2.15. The molecule has 0 aliphatic rings. The van der Waals surface area contributed by atoms with Crippen molar-refractivity contribution in [1.82, 2.24) is 0 Å². The van der Waals surface area contributed by atoms with E-state index in [9.17, 15) is 8.42 Å². The van der Waals surface area contributed by atoms with E-state index in [1.165, 1.54) is 0 Å². The molecule has 4 nitrogen and oxygen atoms in total. The van der Waals surface area contributed by atoms with E-state index in [1.54, 1.807) is 48.5 Å². The van der Waals surface area contributed by atoms with E-state index in [4.69, 9.17) is 8.37 Å². The van der Waals surface area contributed by atoms with E-state index in [1.807, 2.05) is 0 Å². The predicted octanol–water partition coefficient (Wildman–Crippen LogP) is 3.25. The molecule has 0 unspecified atom stereocenters. The third-order valence-electron chi connectivity index (χ3n) is 2.61. The van der Waals surface area contributed by atoms with Crippen LogP contribution in [-0.4, -0.2) is 8.42 Å². The molecular formula is C14H14O4S3. The van der Waals surface area contributed by atoms with Gasteiger partial charge in [0, 0.05) is 11.5 Å². The van der Waals surface area contributed by atoms with Crippen LogP contribution in [0.5, 0.6) is 11.5 Å². The van der Waals surface area contributed by atoms with Gasteiger partial charge in [-0.15, -0.1) is 8.42 Å². The molecule has 0 aliphatic carbocycles. The molecule has 2 aromatic rings. The summed E-state index contributed by atoms with van der Waals surface area (Å²) in [4.78, 5) is 0. The van der Waals surface area contributed by atoms with Crippen LogP contribution in [0.1, 0.15) is 11.1 Å². The van der Waals surface area contributed by atoms with Crippen molar-refractivity contribution in [2.45, 2.75) is 11.5 Å². The Labute approximate surface area is 135 Å². The van der Waals surface area contributed by atoms with Crippen LogP contribution in [0.4, 0.5) is 0 Å². The second-order valence-electron chi connectivity index (χ2n) is 4.18. The molecule has 0 radical (unpaired) electrons. The van der Waals surface area contributed by atoms with E-state index in [0.717, 1.165) is 11.1 Å². The van der Waals surface area contributed by atoms with Crippen molar-refractivity contribution in [3.8, 4) is 11.5 Å². The zero-order chi connectivity index (χ0) is 15.3. The molecule has 0 fully saturated rings. The highest BCUT2D eigenvalue weighted by atomic mass is 32.3. The van der Waals surface area contributed by atoms with Gasteiger partial charge in [0.05, 0.1) is 0 Å². The van der Waals surface area contributed by atoms with Gasteiger partial charge in [0.25, 0.3) is 0 Å². The van der Waals surface area contributed by atoms with E-state index in [2.05, 4.69) is 25.3 Å². The van der Waals surface area contributed by atoms with E-state index in [-0.39, 0.29) is 11.5 Å². The molecule has 0 heterocycles. The minimum atomic E-state index is -4.17. The van der Waals surface area contributed by atoms with E-state index in [0.29, 0.717) is 11.5 Å². The lowest BCUT2D eigenvalue weighted by Gasteiger charge is -2.08. The Morgan fingerprint density at radius 1 is 0.714 bits per heavy atom. The highest BCUT2D eigenvalue weighted by molar-refractivity contribution is 7.82. The fourth-order valence-corrected chi connectivity index (χ4v) is 2.70. The topological polar surface area (TPSA) is 52.6 Å². The quantitative estimate of drug-likeness (QED) is 0.791. The van der Waals surface area contributed by atoms with Crippen molar-refractivity contribution in [3.05, 3.63) is 59.7 Å². The summed E-state index contributed by atoms with van der Waals surface area (Å²) in [7, 11) is -4.17. The molecule has 112 valence electrons. The second kappa shape index (κ2) is 7.11. The predicted molar refractivity (Wildman–Crippen MR) is 88.4 cm³/mol. The zero-order valence-electron chi connectivity index (χ0n) is 11.0. The third-order valence-corrected chi connectivity index (χ3v) is 4.13. The third kappa shape index (κ3) is 4.87. The van der Waals surface area contributed by atoms with Crippen LogP contribution in [0.3, 0.4) is 0 Å². The van der Waals surface area contributed by atoms with Crippen LogP contribution in [-0.2, 0) is 21.9 Å². The van der Waals surface area contributed by atoms with Crippen molar-refractivity contribution in [3.63, 3.8) is 0 Å². The molecule has 0 saturated carbocycles. The van der Waals surface area contributed by atoms with Gasteiger partial charge in [0.2, 0.25) is 0 Å². The van der Waals surface area contributed by atoms with Crippen LogP contribution < -0.4 is 8.37 Å². The minimum absolute atomic E-state index is 0.188. The number of benzene rings is 2. The van der Waals surface area contributed by atoms with Crippen molar-refractivity contribution in [2.75, 3.05) is 0 Å². The van der Waals surface area contributed by atoms with Crippen LogP contribution in [0.2, 0.25) is 0 Å². The van der Waals surface area contributed by atoms with Gasteiger partial charge in [0.15, 0.2) is 0 Å². The van der Waals surface area contributed by atoms with E-state index < -0.39 is 10.4 Å². The van der Waals surface area contributed by atoms with E-state index >= 15 is 0 Å². The Kier molecular flexibility index (Phi) is 5.44. The Bertz CT molecular complexity index is 624. The first-order chi connectivity index (χ1) is 10.0. The Morgan fingerprint density at radius 3 is 1.33 bits per heavy atom. The van der Waals surface area contributed by atoms with Gasteiger partial charge >= 0.3 is 10.4 Å². The maximum atomic E-state index is 11.8. The summed E-state index contributed by atoms with van der Waals surface area (Å²) in [5, 5.41) is 0. The maximum absolute atomic E-state index is 11.8. The van der Waals surface area contributed by atoms with Crippen LogP contribution in [0.25, 0.3) is 0 Å². The van der Waals surface area contributed by atoms with Crippen molar-refractivity contribution in [2.24, 2.45) is 0 Å². The summed E-state index contributed by atoms with van der Waals surface area (Å²) in [6, 6.07) is 13.2. The Morgan fingerprint density at radius 2 is 1.05 bits per heavy atom. The number of rotatable bonds is 6. The molecule has 21 heavy (non-hydrogen) atoms. The molecule has 7 heteroatoms. The van der Waals surface area contributed by atoms with Gasteiger partial charge in [-0.2, -0.15) is 25.3 Å². The average Bonchev–Trinajstić information content (AvgIpc) is 2.48. The van der Waals surface area contributed by atoms with Crippen LogP contribution >= 0.6 is 25.3 Å². The normalized spacial score (nSPS) is 11.1.